The quantitative estimate of drug-likeness (QED) is 0.135. The lowest BCUT2D eigenvalue weighted by Crippen LogP contribution is -2.68. The zero-order valence-corrected chi connectivity index (χ0v) is 19.7. The van der Waals surface area contributed by atoms with Crippen molar-refractivity contribution in [1.82, 2.24) is 5.32 Å². The Morgan fingerprint density at radius 3 is 1.76 bits per heavy atom. The Hall–Kier alpha value is -1.13. The van der Waals surface area contributed by atoms with E-state index in [1.165, 1.54) is 0 Å². The number of ether oxygens (including phenoxy) is 5. The predicted octanol–water partition coefficient (Wildman–Crippen LogP) is -7.43. The van der Waals surface area contributed by atoms with Gasteiger partial charge in [0.05, 0.1) is 19.8 Å². The van der Waals surface area contributed by atoms with Crippen LogP contribution < -0.4 is 5.32 Å². The summed E-state index contributed by atoms with van der Waals surface area (Å²) in [5, 5.41) is 103. The molecule has 0 spiro atoms. The number of hydrogen-bond acceptors (Lipinski definition) is 16. The molecule has 3 heterocycles. The van der Waals surface area contributed by atoms with Gasteiger partial charge in [0, 0.05) is 6.92 Å². The molecule has 0 aromatic heterocycles. The molecule has 6 unspecified atom stereocenters. The van der Waals surface area contributed by atoms with Crippen LogP contribution in [-0.4, -0.2) is 169 Å². The van der Waals surface area contributed by atoms with Crippen molar-refractivity contribution in [3.8, 4) is 0 Å². The van der Waals surface area contributed by atoms with Gasteiger partial charge in [-0.3, -0.25) is 4.79 Å². The number of carbonyl (C=O) groups excluding carboxylic acids is 1. The number of nitrogens with one attached hydrogen (secondary N) is 1. The van der Waals surface area contributed by atoms with Crippen LogP contribution in [0.25, 0.3) is 0 Å². The third-order valence-corrected chi connectivity index (χ3v) is 6.49. The van der Waals surface area contributed by atoms with E-state index in [1.54, 1.807) is 0 Å². The van der Waals surface area contributed by atoms with Gasteiger partial charge in [-0.1, -0.05) is 0 Å². The molecule has 0 saturated carbocycles. The van der Waals surface area contributed by atoms with Gasteiger partial charge in [0.2, 0.25) is 5.91 Å². The lowest BCUT2D eigenvalue weighted by Gasteiger charge is -2.48. The van der Waals surface area contributed by atoms with Crippen molar-refractivity contribution in [2.75, 3.05) is 19.8 Å². The van der Waals surface area contributed by atoms with Gasteiger partial charge >= 0.3 is 0 Å². The molecule has 3 aliphatic heterocycles. The molecular formula is C20H35NO16. The number of hydrogen-bond donors (Lipinski definition) is 11. The summed E-state index contributed by atoms with van der Waals surface area (Å²) in [5.74, 6) is -0.652. The summed E-state index contributed by atoms with van der Waals surface area (Å²) < 4.78 is 27.0. The summed E-state index contributed by atoms with van der Waals surface area (Å²) in [6.45, 7) is -1.25. The number of carbonyl (C=O) groups is 1. The molecule has 3 saturated heterocycles. The summed E-state index contributed by atoms with van der Waals surface area (Å²) in [7, 11) is 0. The summed E-state index contributed by atoms with van der Waals surface area (Å²) in [6, 6.07) is -1.42. The minimum Gasteiger partial charge on any atom is -0.394 e. The van der Waals surface area contributed by atoms with E-state index in [9.17, 15) is 55.9 Å². The first-order valence-electron chi connectivity index (χ1n) is 11.6. The van der Waals surface area contributed by atoms with Crippen LogP contribution in [0.15, 0.2) is 0 Å². The zero-order valence-electron chi connectivity index (χ0n) is 19.7. The van der Waals surface area contributed by atoms with Gasteiger partial charge in [-0.2, -0.15) is 0 Å². The van der Waals surface area contributed by atoms with Gasteiger partial charge in [-0.25, -0.2) is 0 Å². The normalized spacial score (nSPS) is 49.0. The van der Waals surface area contributed by atoms with Gasteiger partial charge in [0.25, 0.3) is 0 Å². The van der Waals surface area contributed by atoms with E-state index in [0.717, 1.165) is 6.92 Å². The molecule has 0 aliphatic carbocycles. The molecule has 15 atom stereocenters. The van der Waals surface area contributed by atoms with E-state index in [4.69, 9.17) is 23.7 Å². The predicted molar refractivity (Wildman–Crippen MR) is 113 cm³/mol. The van der Waals surface area contributed by atoms with Gasteiger partial charge in [-0.05, 0) is 0 Å². The molecule has 3 aliphatic rings. The number of rotatable bonds is 8. The molecule has 0 bridgehead atoms. The van der Waals surface area contributed by atoms with Gasteiger partial charge < -0.3 is 80.1 Å². The maximum atomic E-state index is 11.7. The van der Waals surface area contributed by atoms with Crippen LogP contribution in [0, 0.1) is 0 Å². The largest absolute Gasteiger partial charge is 0.394 e. The first-order chi connectivity index (χ1) is 17.4. The Balaban J connectivity index is 1.83. The molecule has 3 rings (SSSR count). The summed E-state index contributed by atoms with van der Waals surface area (Å²) in [5.41, 5.74) is 0. The van der Waals surface area contributed by atoms with Crippen molar-refractivity contribution in [3.63, 3.8) is 0 Å². The van der Waals surface area contributed by atoms with Crippen molar-refractivity contribution in [3.05, 3.63) is 0 Å². The first-order valence-corrected chi connectivity index (χ1v) is 11.6. The second-order valence-corrected chi connectivity index (χ2v) is 9.07. The number of aliphatic hydroxyl groups excluding tert-OH is 10. The Morgan fingerprint density at radius 1 is 0.649 bits per heavy atom. The highest BCUT2D eigenvalue weighted by Gasteiger charge is 2.53. The topological polar surface area (TPSA) is 278 Å². The fraction of sp³-hybridized carbons (Fsp3) is 0.950. The summed E-state index contributed by atoms with van der Waals surface area (Å²) in [4.78, 5) is 11.7. The number of amides is 1. The van der Waals surface area contributed by atoms with E-state index >= 15 is 0 Å². The van der Waals surface area contributed by atoms with Gasteiger partial charge in [0.15, 0.2) is 18.9 Å². The third kappa shape index (κ3) is 6.38. The Bertz CT molecular complexity index is 745. The lowest BCUT2D eigenvalue weighted by atomic mass is 9.95. The second kappa shape index (κ2) is 12.8. The maximum absolute atomic E-state index is 11.7. The van der Waals surface area contributed by atoms with E-state index in [1.807, 2.05) is 0 Å². The fourth-order valence-electron chi connectivity index (χ4n) is 4.46. The smallest absolute Gasteiger partial charge is 0.217 e. The molecule has 0 aromatic rings. The van der Waals surface area contributed by atoms with E-state index in [0.29, 0.717) is 0 Å². The van der Waals surface area contributed by atoms with E-state index in [2.05, 4.69) is 5.32 Å². The van der Waals surface area contributed by atoms with Crippen molar-refractivity contribution in [2.45, 2.75) is 99.0 Å². The monoisotopic (exact) mass is 545 g/mol. The van der Waals surface area contributed by atoms with Crippen LogP contribution in [0.3, 0.4) is 0 Å². The molecule has 11 N–H and O–H groups in total. The minimum absolute atomic E-state index is 0.652. The standard InChI is InChI=1S/C20H35NO16/c1-5(25)21-9-12(28)10(26)6(2-22)34-19(9)37-17-11(27)7(3-23)35-20(15(17)31)36-16-8(4-24)33-18(32)14(30)13(16)29/h6-20,22-24,26-32H,2-4H2,1H3,(H,21,25)/t6?,7?,8?,9?,10-,11+,12-,13-,14?,15?,16-,17+,18-,19+,20+/m1/s1. The highest BCUT2D eigenvalue weighted by Crippen LogP contribution is 2.32. The molecule has 216 valence electrons. The summed E-state index contributed by atoms with van der Waals surface area (Å²) in [6.07, 6.45) is -23.4. The number of aliphatic hydroxyl groups is 10. The second-order valence-electron chi connectivity index (χ2n) is 9.07. The SMILES string of the molecule is CC(=O)NC1[C@H](O[C@@H]2C(O)[C@H](O[C@@H]3C(CO)O[C@@H](O)C(O)[C@H]3O)OC(CO)[C@@H]2O)OC(CO)[C@@H](O)[C@@H]1O. The Morgan fingerprint density at radius 2 is 1.19 bits per heavy atom. The van der Waals surface area contributed by atoms with Gasteiger partial charge in [0.1, 0.15) is 73.2 Å². The highest BCUT2D eigenvalue weighted by atomic mass is 16.7. The zero-order chi connectivity index (χ0) is 27.6. The van der Waals surface area contributed by atoms with Gasteiger partial charge in [-0.15, -0.1) is 0 Å². The maximum Gasteiger partial charge on any atom is 0.217 e. The average molecular weight is 545 g/mol. The van der Waals surface area contributed by atoms with Crippen LogP contribution in [0.1, 0.15) is 6.92 Å². The summed E-state index contributed by atoms with van der Waals surface area (Å²) >= 11 is 0. The Kier molecular flexibility index (Phi) is 10.5. The third-order valence-electron chi connectivity index (χ3n) is 6.49. The first kappa shape index (κ1) is 30.4. The molecule has 0 aromatic carbocycles. The highest BCUT2D eigenvalue weighted by molar-refractivity contribution is 5.73. The van der Waals surface area contributed by atoms with Crippen LogP contribution in [-0.2, 0) is 28.5 Å². The molecule has 1 amide bonds. The van der Waals surface area contributed by atoms with Crippen LogP contribution in [0.2, 0.25) is 0 Å². The van der Waals surface area contributed by atoms with Crippen molar-refractivity contribution < 1.29 is 79.5 Å². The fourth-order valence-corrected chi connectivity index (χ4v) is 4.46. The molecule has 37 heavy (non-hydrogen) atoms. The molecule has 17 nitrogen and oxygen atoms in total. The Labute approximate surface area is 210 Å². The lowest BCUT2D eigenvalue weighted by molar-refractivity contribution is -0.373. The molecule has 0 radical (unpaired) electrons. The van der Waals surface area contributed by atoms with Crippen molar-refractivity contribution >= 4 is 5.91 Å². The van der Waals surface area contributed by atoms with Crippen LogP contribution in [0.4, 0.5) is 0 Å². The molecule has 3 fully saturated rings. The molecule has 17 heteroatoms. The van der Waals surface area contributed by atoms with Crippen molar-refractivity contribution in [2.24, 2.45) is 0 Å². The van der Waals surface area contributed by atoms with Crippen LogP contribution in [0.5, 0.6) is 0 Å². The van der Waals surface area contributed by atoms with Crippen molar-refractivity contribution in [1.29, 1.82) is 0 Å². The molecular weight excluding hydrogens is 510 g/mol. The van der Waals surface area contributed by atoms with E-state index in [-0.39, 0.29) is 0 Å². The van der Waals surface area contributed by atoms with E-state index < -0.39 is 118 Å². The van der Waals surface area contributed by atoms with Crippen LogP contribution >= 0.6 is 0 Å². The average Bonchev–Trinajstić information content (AvgIpc) is 2.86. The minimum atomic E-state index is -1.91.